The minimum atomic E-state index is -0.0598. The molecule has 2 nitrogen and oxygen atoms in total. The van der Waals surface area contributed by atoms with Crippen molar-refractivity contribution in [3.05, 3.63) is 41.5 Å². The van der Waals surface area contributed by atoms with Crippen LogP contribution in [-0.4, -0.2) is 5.91 Å². The highest BCUT2D eigenvalue weighted by molar-refractivity contribution is 5.99. The molecule has 0 heterocycles. The van der Waals surface area contributed by atoms with E-state index in [-0.39, 0.29) is 5.91 Å². The number of hydrogen-bond acceptors (Lipinski definition) is 1. The van der Waals surface area contributed by atoms with Crippen molar-refractivity contribution in [2.45, 2.75) is 26.2 Å². The van der Waals surface area contributed by atoms with Crippen molar-refractivity contribution in [1.82, 2.24) is 0 Å². The Balaban J connectivity index is 2.13. The lowest BCUT2D eigenvalue weighted by atomic mass is 10.1. The van der Waals surface area contributed by atoms with Crippen LogP contribution in [0, 0.1) is 0 Å². The van der Waals surface area contributed by atoms with Gasteiger partial charge in [0.15, 0.2) is 0 Å². The van der Waals surface area contributed by atoms with Crippen molar-refractivity contribution >= 4 is 11.6 Å². The number of benzene rings is 1. The number of allylic oxidation sites excluding steroid dienone is 1. The van der Waals surface area contributed by atoms with Crippen LogP contribution in [0.3, 0.4) is 0 Å². The molecule has 0 radical (unpaired) electrons. The van der Waals surface area contributed by atoms with Crippen LogP contribution in [0.5, 0.6) is 0 Å². The van der Waals surface area contributed by atoms with E-state index in [2.05, 4.69) is 17.4 Å². The fraction of sp³-hybridized carbons (Fsp3) is 0.308. The average molecular weight is 201 g/mol. The van der Waals surface area contributed by atoms with Crippen molar-refractivity contribution in [2.24, 2.45) is 0 Å². The molecular formula is C13H15NO. The lowest BCUT2D eigenvalue weighted by Crippen LogP contribution is -2.07. The predicted octanol–water partition coefficient (Wildman–Crippen LogP) is 2.69. The molecule has 78 valence electrons. The van der Waals surface area contributed by atoms with Crippen molar-refractivity contribution in [1.29, 1.82) is 0 Å². The molecule has 0 fully saturated rings. The van der Waals surface area contributed by atoms with Crippen molar-refractivity contribution in [3.8, 4) is 0 Å². The Kier molecular flexibility index (Phi) is 2.86. The zero-order valence-electron chi connectivity index (χ0n) is 8.92. The summed E-state index contributed by atoms with van der Waals surface area (Å²) in [6, 6.07) is 6.18. The van der Waals surface area contributed by atoms with Crippen molar-refractivity contribution < 1.29 is 4.79 Å². The molecule has 0 aliphatic heterocycles. The largest absolute Gasteiger partial charge is 0.323 e. The highest BCUT2D eigenvalue weighted by atomic mass is 16.1. The van der Waals surface area contributed by atoms with Gasteiger partial charge < -0.3 is 5.32 Å². The number of fused-ring (bicyclic) bond motifs is 1. The zero-order chi connectivity index (χ0) is 10.7. The maximum Gasteiger partial charge on any atom is 0.248 e. The van der Waals surface area contributed by atoms with Crippen LogP contribution in [0.25, 0.3) is 0 Å². The van der Waals surface area contributed by atoms with Gasteiger partial charge in [-0.3, -0.25) is 4.79 Å². The van der Waals surface area contributed by atoms with E-state index in [9.17, 15) is 4.79 Å². The topological polar surface area (TPSA) is 29.1 Å². The zero-order valence-corrected chi connectivity index (χ0v) is 8.92. The minimum absolute atomic E-state index is 0.0598. The SMILES string of the molecule is CC=CC(=O)Nc1ccc2c(c1)CCC2. The summed E-state index contributed by atoms with van der Waals surface area (Å²) in [7, 11) is 0. The molecule has 1 N–H and O–H groups in total. The molecule has 0 unspecified atom stereocenters. The number of aryl methyl sites for hydroxylation is 2. The Labute approximate surface area is 90.0 Å². The lowest BCUT2D eigenvalue weighted by Gasteiger charge is -2.05. The van der Waals surface area contributed by atoms with Gasteiger partial charge in [-0.25, -0.2) is 0 Å². The maximum absolute atomic E-state index is 11.3. The van der Waals surface area contributed by atoms with Gasteiger partial charge in [-0.1, -0.05) is 12.1 Å². The molecule has 0 aromatic heterocycles. The third kappa shape index (κ3) is 2.27. The van der Waals surface area contributed by atoms with Crippen LogP contribution in [-0.2, 0) is 17.6 Å². The average Bonchev–Trinajstić information content (AvgIpc) is 2.65. The smallest absolute Gasteiger partial charge is 0.248 e. The lowest BCUT2D eigenvalue weighted by molar-refractivity contribution is -0.111. The molecule has 0 saturated heterocycles. The van der Waals surface area contributed by atoms with E-state index in [0.29, 0.717) is 0 Å². The number of carbonyl (C=O) groups is 1. The Morgan fingerprint density at radius 1 is 1.33 bits per heavy atom. The fourth-order valence-corrected chi connectivity index (χ4v) is 1.98. The first kappa shape index (κ1) is 9.97. The Morgan fingerprint density at radius 2 is 2.13 bits per heavy atom. The number of carbonyl (C=O) groups excluding carboxylic acids is 1. The summed E-state index contributed by atoms with van der Waals surface area (Å²) in [5, 5.41) is 2.85. The molecule has 1 aliphatic carbocycles. The fourth-order valence-electron chi connectivity index (χ4n) is 1.98. The van der Waals surface area contributed by atoms with E-state index in [4.69, 9.17) is 0 Å². The molecule has 2 rings (SSSR count). The van der Waals surface area contributed by atoms with Gasteiger partial charge in [-0.05, 0) is 55.5 Å². The van der Waals surface area contributed by atoms with Crippen LogP contribution < -0.4 is 5.32 Å². The summed E-state index contributed by atoms with van der Waals surface area (Å²) in [5.41, 5.74) is 3.71. The summed E-state index contributed by atoms with van der Waals surface area (Å²) >= 11 is 0. The minimum Gasteiger partial charge on any atom is -0.323 e. The molecule has 15 heavy (non-hydrogen) atoms. The predicted molar refractivity (Wildman–Crippen MR) is 61.9 cm³/mol. The monoisotopic (exact) mass is 201 g/mol. The van der Waals surface area contributed by atoms with Gasteiger partial charge in [0, 0.05) is 5.69 Å². The highest BCUT2D eigenvalue weighted by Crippen LogP contribution is 2.24. The van der Waals surface area contributed by atoms with Crippen LogP contribution >= 0.6 is 0 Å². The first-order valence-electron chi connectivity index (χ1n) is 5.35. The van der Waals surface area contributed by atoms with Crippen LogP contribution in [0.2, 0.25) is 0 Å². The number of amides is 1. The highest BCUT2D eigenvalue weighted by Gasteiger charge is 2.10. The maximum atomic E-state index is 11.3. The van der Waals surface area contributed by atoms with E-state index in [0.717, 1.165) is 12.1 Å². The number of hydrogen-bond donors (Lipinski definition) is 1. The van der Waals surface area contributed by atoms with Gasteiger partial charge >= 0.3 is 0 Å². The second-order valence-electron chi connectivity index (χ2n) is 3.83. The van der Waals surface area contributed by atoms with Crippen LogP contribution in [0.1, 0.15) is 24.5 Å². The molecule has 0 atom stereocenters. The van der Waals surface area contributed by atoms with E-state index in [1.165, 1.54) is 30.0 Å². The molecule has 1 aliphatic rings. The summed E-state index contributed by atoms with van der Waals surface area (Å²) < 4.78 is 0. The van der Waals surface area contributed by atoms with E-state index in [1.807, 2.05) is 13.0 Å². The van der Waals surface area contributed by atoms with Gasteiger partial charge in [0.25, 0.3) is 0 Å². The standard InChI is InChI=1S/C13H15NO/c1-2-4-13(15)14-12-8-7-10-5-3-6-11(10)9-12/h2,4,7-9H,3,5-6H2,1H3,(H,14,15). The summed E-state index contributed by atoms with van der Waals surface area (Å²) in [4.78, 5) is 11.3. The van der Waals surface area contributed by atoms with Gasteiger partial charge in [0.05, 0.1) is 0 Å². The molecule has 1 aromatic rings. The second-order valence-corrected chi connectivity index (χ2v) is 3.83. The second kappa shape index (κ2) is 4.30. The van der Waals surface area contributed by atoms with Crippen LogP contribution in [0.4, 0.5) is 5.69 Å². The Morgan fingerprint density at radius 3 is 2.93 bits per heavy atom. The Bertz CT molecular complexity index is 407. The molecule has 2 heteroatoms. The van der Waals surface area contributed by atoms with Gasteiger partial charge in [0.2, 0.25) is 5.91 Å². The van der Waals surface area contributed by atoms with Crippen molar-refractivity contribution in [3.63, 3.8) is 0 Å². The van der Waals surface area contributed by atoms with Crippen LogP contribution in [0.15, 0.2) is 30.4 Å². The summed E-state index contributed by atoms with van der Waals surface area (Å²) in [5.74, 6) is -0.0598. The van der Waals surface area contributed by atoms with Crippen molar-refractivity contribution in [2.75, 3.05) is 5.32 Å². The van der Waals surface area contributed by atoms with Gasteiger partial charge in [-0.15, -0.1) is 0 Å². The normalized spacial score (nSPS) is 14.2. The number of nitrogens with one attached hydrogen (secondary N) is 1. The molecule has 0 bridgehead atoms. The van der Waals surface area contributed by atoms with E-state index < -0.39 is 0 Å². The number of anilines is 1. The summed E-state index contributed by atoms with van der Waals surface area (Å²) in [6.07, 6.45) is 6.83. The number of rotatable bonds is 2. The summed E-state index contributed by atoms with van der Waals surface area (Å²) in [6.45, 7) is 1.84. The first-order valence-corrected chi connectivity index (χ1v) is 5.35. The van der Waals surface area contributed by atoms with E-state index in [1.54, 1.807) is 6.08 Å². The first-order chi connectivity index (χ1) is 7.29. The molecule has 0 saturated carbocycles. The quantitative estimate of drug-likeness (QED) is 0.732. The molecule has 0 spiro atoms. The molecule has 1 amide bonds. The third-order valence-electron chi connectivity index (χ3n) is 2.68. The molecular weight excluding hydrogens is 186 g/mol. The van der Waals surface area contributed by atoms with Gasteiger partial charge in [0.1, 0.15) is 0 Å². The Hall–Kier alpha value is -1.57. The van der Waals surface area contributed by atoms with Gasteiger partial charge in [-0.2, -0.15) is 0 Å². The third-order valence-corrected chi connectivity index (χ3v) is 2.68. The van der Waals surface area contributed by atoms with E-state index >= 15 is 0 Å². The molecule has 1 aromatic carbocycles.